The van der Waals surface area contributed by atoms with Gasteiger partial charge >= 0.3 is 0 Å². The Labute approximate surface area is 105 Å². The molecule has 17 heavy (non-hydrogen) atoms. The average molecular weight is 236 g/mol. The van der Waals surface area contributed by atoms with Crippen LogP contribution in [0.5, 0.6) is 0 Å². The summed E-state index contributed by atoms with van der Waals surface area (Å²) in [5.41, 5.74) is -0.870. The van der Waals surface area contributed by atoms with E-state index < -0.39 is 5.41 Å². The summed E-state index contributed by atoms with van der Waals surface area (Å²) in [4.78, 5) is 14.1. The van der Waals surface area contributed by atoms with Gasteiger partial charge in [0.25, 0.3) is 0 Å². The fourth-order valence-electron chi connectivity index (χ4n) is 2.51. The van der Waals surface area contributed by atoms with Gasteiger partial charge in [0, 0.05) is 13.1 Å². The second-order valence-corrected chi connectivity index (χ2v) is 5.61. The van der Waals surface area contributed by atoms with Crippen LogP contribution < -0.4 is 0 Å². The highest BCUT2D eigenvalue weighted by Crippen LogP contribution is 2.25. The Morgan fingerprint density at radius 2 is 2.12 bits per heavy atom. The molecule has 1 aliphatic rings. The summed E-state index contributed by atoms with van der Waals surface area (Å²) < 4.78 is 0. The van der Waals surface area contributed by atoms with Gasteiger partial charge in [0.15, 0.2) is 0 Å². The van der Waals surface area contributed by atoms with Gasteiger partial charge in [0.2, 0.25) is 5.91 Å². The summed E-state index contributed by atoms with van der Waals surface area (Å²) in [6.07, 6.45) is 5.90. The highest BCUT2D eigenvalue weighted by molar-refractivity contribution is 5.84. The van der Waals surface area contributed by atoms with Crippen molar-refractivity contribution < 1.29 is 4.79 Å². The van der Waals surface area contributed by atoms with Crippen molar-refractivity contribution in [1.29, 1.82) is 5.26 Å². The Balaban J connectivity index is 2.58. The molecule has 3 nitrogen and oxygen atoms in total. The summed E-state index contributed by atoms with van der Waals surface area (Å²) in [5, 5.41) is 9.00. The molecule has 1 fully saturated rings. The summed E-state index contributed by atoms with van der Waals surface area (Å²) in [6.45, 7) is 7.29. The van der Waals surface area contributed by atoms with Crippen LogP contribution in [0.2, 0.25) is 0 Å². The molecule has 1 saturated heterocycles. The van der Waals surface area contributed by atoms with E-state index in [1.165, 1.54) is 19.3 Å². The molecular formula is C14H24N2O. The Morgan fingerprint density at radius 1 is 1.41 bits per heavy atom. The molecule has 0 aromatic heterocycles. The van der Waals surface area contributed by atoms with Crippen molar-refractivity contribution >= 4 is 5.91 Å². The summed E-state index contributed by atoms with van der Waals surface area (Å²) in [5.74, 6) is 0.764. The average Bonchev–Trinajstić information content (AvgIpc) is 2.54. The molecule has 0 saturated carbocycles. The number of amides is 1. The van der Waals surface area contributed by atoms with Crippen molar-refractivity contribution in [3.63, 3.8) is 0 Å². The predicted octanol–water partition coefficient (Wildman–Crippen LogP) is 2.96. The zero-order valence-corrected chi connectivity index (χ0v) is 11.3. The largest absolute Gasteiger partial charge is 0.341 e. The van der Waals surface area contributed by atoms with E-state index in [9.17, 15) is 4.79 Å². The Morgan fingerprint density at radius 3 is 2.71 bits per heavy atom. The van der Waals surface area contributed by atoms with Crippen LogP contribution in [0.15, 0.2) is 0 Å². The van der Waals surface area contributed by atoms with E-state index in [-0.39, 0.29) is 5.91 Å². The molecule has 1 amide bonds. The molecule has 0 aromatic carbocycles. The zero-order valence-electron chi connectivity index (χ0n) is 11.3. The van der Waals surface area contributed by atoms with Crippen LogP contribution in [0.1, 0.15) is 52.9 Å². The van der Waals surface area contributed by atoms with E-state index in [1.807, 2.05) is 4.90 Å². The molecule has 0 bridgehead atoms. The van der Waals surface area contributed by atoms with E-state index in [0.717, 1.165) is 31.8 Å². The van der Waals surface area contributed by atoms with Gasteiger partial charge in [0.1, 0.15) is 5.41 Å². The Bertz CT molecular complexity index is 304. The first kappa shape index (κ1) is 14.0. The minimum Gasteiger partial charge on any atom is -0.341 e. The van der Waals surface area contributed by atoms with Crippen LogP contribution in [-0.4, -0.2) is 23.9 Å². The Kier molecular flexibility index (Phi) is 4.99. The first-order chi connectivity index (χ1) is 8.01. The summed E-state index contributed by atoms with van der Waals surface area (Å²) >= 11 is 0. The molecule has 1 heterocycles. The lowest BCUT2D eigenvalue weighted by Crippen LogP contribution is -2.40. The third-order valence-electron chi connectivity index (χ3n) is 3.65. The Hall–Kier alpha value is -1.04. The fraction of sp³-hybridized carbons (Fsp3) is 0.857. The van der Waals surface area contributed by atoms with E-state index >= 15 is 0 Å². The monoisotopic (exact) mass is 236 g/mol. The van der Waals surface area contributed by atoms with E-state index in [1.54, 1.807) is 13.8 Å². The molecule has 96 valence electrons. The van der Waals surface area contributed by atoms with Crippen LogP contribution in [-0.2, 0) is 4.79 Å². The SMILES string of the molecule is CCCC1CCCN(C(=O)C(C)(C)C#N)CC1. The van der Waals surface area contributed by atoms with Crippen LogP contribution in [0.3, 0.4) is 0 Å². The number of rotatable bonds is 3. The van der Waals surface area contributed by atoms with E-state index in [2.05, 4.69) is 13.0 Å². The maximum absolute atomic E-state index is 12.2. The first-order valence-corrected chi connectivity index (χ1v) is 6.72. The van der Waals surface area contributed by atoms with Crippen molar-refractivity contribution in [3.8, 4) is 6.07 Å². The molecule has 1 rings (SSSR count). The van der Waals surface area contributed by atoms with Crippen molar-refractivity contribution in [2.45, 2.75) is 52.9 Å². The molecular weight excluding hydrogens is 212 g/mol. The summed E-state index contributed by atoms with van der Waals surface area (Å²) in [6, 6.07) is 2.10. The molecule has 1 atom stereocenters. The van der Waals surface area contributed by atoms with Crippen molar-refractivity contribution in [2.24, 2.45) is 11.3 Å². The zero-order chi connectivity index (χ0) is 12.9. The molecule has 3 heteroatoms. The number of carbonyl (C=O) groups excluding carboxylic acids is 1. The molecule has 0 aliphatic carbocycles. The van der Waals surface area contributed by atoms with Gasteiger partial charge in [-0.1, -0.05) is 19.8 Å². The lowest BCUT2D eigenvalue weighted by Gasteiger charge is -2.26. The summed E-state index contributed by atoms with van der Waals surface area (Å²) in [7, 11) is 0. The van der Waals surface area contributed by atoms with Gasteiger partial charge in [0.05, 0.1) is 6.07 Å². The molecule has 1 unspecified atom stereocenters. The molecule has 0 radical (unpaired) electrons. The fourth-order valence-corrected chi connectivity index (χ4v) is 2.51. The lowest BCUT2D eigenvalue weighted by atomic mass is 9.93. The maximum Gasteiger partial charge on any atom is 0.242 e. The standard InChI is InChI=1S/C14H24N2O/c1-4-6-12-7-5-9-16(10-8-12)13(17)14(2,3)11-15/h12H,4-10H2,1-3H3. The number of nitriles is 1. The highest BCUT2D eigenvalue weighted by Gasteiger charge is 2.32. The number of hydrogen-bond acceptors (Lipinski definition) is 2. The van der Waals surface area contributed by atoms with Crippen molar-refractivity contribution in [3.05, 3.63) is 0 Å². The number of likely N-dealkylation sites (tertiary alicyclic amines) is 1. The van der Waals surface area contributed by atoms with Gasteiger partial charge in [-0.15, -0.1) is 0 Å². The van der Waals surface area contributed by atoms with Crippen LogP contribution in [0.4, 0.5) is 0 Å². The van der Waals surface area contributed by atoms with Gasteiger partial charge < -0.3 is 4.90 Å². The minimum absolute atomic E-state index is 0.00264. The number of hydrogen-bond donors (Lipinski definition) is 0. The number of nitrogens with zero attached hydrogens (tertiary/aromatic N) is 2. The third-order valence-corrected chi connectivity index (χ3v) is 3.65. The maximum atomic E-state index is 12.2. The predicted molar refractivity (Wildman–Crippen MR) is 68.2 cm³/mol. The molecule has 0 N–H and O–H groups in total. The van der Waals surface area contributed by atoms with E-state index in [4.69, 9.17) is 5.26 Å². The topological polar surface area (TPSA) is 44.1 Å². The quantitative estimate of drug-likeness (QED) is 0.756. The van der Waals surface area contributed by atoms with Crippen LogP contribution in [0.25, 0.3) is 0 Å². The minimum atomic E-state index is -0.870. The molecule has 0 spiro atoms. The second kappa shape index (κ2) is 6.05. The van der Waals surface area contributed by atoms with Crippen molar-refractivity contribution in [2.75, 3.05) is 13.1 Å². The second-order valence-electron chi connectivity index (χ2n) is 5.61. The lowest BCUT2D eigenvalue weighted by molar-refractivity contribution is -0.137. The normalized spacial score (nSPS) is 21.8. The highest BCUT2D eigenvalue weighted by atomic mass is 16.2. The van der Waals surface area contributed by atoms with Crippen LogP contribution >= 0.6 is 0 Å². The van der Waals surface area contributed by atoms with Gasteiger partial charge in [-0.2, -0.15) is 5.26 Å². The first-order valence-electron chi connectivity index (χ1n) is 6.72. The van der Waals surface area contributed by atoms with Gasteiger partial charge in [-0.25, -0.2) is 0 Å². The molecule has 1 aliphatic heterocycles. The third kappa shape index (κ3) is 3.73. The number of carbonyl (C=O) groups is 1. The molecule has 0 aromatic rings. The van der Waals surface area contributed by atoms with Gasteiger partial charge in [-0.3, -0.25) is 4.79 Å². The van der Waals surface area contributed by atoms with Gasteiger partial charge in [-0.05, 0) is 39.0 Å². The van der Waals surface area contributed by atoms with Crippen molar-refractivity contribution in [1.82, 2.24) is 4.90 Å². The smallest absolute Gasteiger partial charge is 0.242 e. The van der Waals surface area contributed by atoms with E-state index in [0.29, 0.717) is 0 Å². The van der Waals surface area contributed by atoms with Crippen LogP contribution in [0, 0.1) is 22.7 Å².